The van der Waals surface area contributed by atoms with Crippen molar-refractivity contribution in [1.82, 2.24) is 10.0 Å². The van der Waals surface area contributed by atoms with Crippen molar-refractivity contribution in [3.05, 3.63) is 35.4 Å². The van der Waals surface area contributed by atoms with Crippen molar-refractivity contribution in [2.45, 2.75) is 46.0 Å². The van der Waals surface area contributed by atoms with Crippen LogP contribution in [0.5, 0.6) is 0 Å². The first-order valence-corrected chi connectivity index (χ1v) is 10.1. The van der Waals surface area contributed by atoms with Gasteiger partial charge in [-0.05, 0) is 35.9 Å². The van der Waals surface area contributed by atoms with E-state index in [-0.39, 0.29) is 24.1 Å². The third-order valence-electron chi connectivity index (χ3n) is 4.25. The molecule has 1 rings (SSSR count). The summed E-state index contributed by atoms with van der Waals surface area (Å²) in [4.78, 5) is 12.2. The molecule has 0 heterocycles. The highest BCUT2D eigenvalue weighted by Gasteiger charge is 2.20. The molecule has 0 aliphatic rings. The second kappa shape index (κ2) is 9.18. The number of carbonyl (C=O) groups excluding carboxylic acids is 1. The van der Waals surface area contributed by atoms with Gasteiger partial charge in [0.05, 0.1) is 5.75 Å². The molecule has 0 radical (unpaired) electrons. The lowest BCUT2D eigenvalue weighted by Gasteiger charge is -2.21. The van der Waals surface area contributed by atoms with Crippen molar-refractivity contribution in [2.24, 2.45) is 5.92 Å². The number of sulfonamides is 1. The lowest BCUT2D eigenvalue weighted by molar-refractivity contribution is -0.121. The fourth-order valence-corrected chi connectivity index (χ4v) is 3.14. The largest absolute Gasteiger partial charge is 0.355 e. The van der Waals surface area contributed by atoms with Crippen LogP contribution in [-0.2, 0) is 14.8 Å². The van der Waals surface area contributed by atoms with Gasteiger partial charge in [0, 0.05) is 13.0 Å². The van der Waals surface area contributed by atoms with Crippen LogP contribution in [0.25, 0.3) is 0 Å². The Balaban J connectivity index is 2.67. The summed E-state index contributed by atoms with van der Waals surface area (Å²) in [5, 5.41) is 2.70. The Morgan fingerprint density at radius 3 is 2.04 bits per heavy atom. The van der Waals surface area contributed by atoms with Gasteiger partial charge in [-0.15, -0.1) is 0 Å². The molecule has 6 heteroatoms. The van der Waals surface area contributed by atoms with Gasteiger partial charge in [0.2, 0.25) is 15.9 Å². The van der Waals surface area contributed by atoms with Crippen molar-refractivity contribution in [1.29, 1.82) is 0 Å². The third-order valence-corrected chi connectivity index (χ3v) is 5.61. The van der Waals surface area contributed by atoms with E-state index < -0.39 is 10.0 Å². The van der Waals surface area contributed by atoms with Gasteiger partial charge in [-0.1, -0.05) is 52.0 Å². The topological polar surface area (TPSA) is 75.3 Å². The standard InChI is InChI=1S/C18H30N2O3S/c1-13(2)15-6-8-16(9-7-15)17(14(3)4)12-18(21)20-10-11-24(22,23)19-5/h6-9,13-14,17,19H,10-12H2,1-5H3,(H,20,21). The summed E-state index contributed by atoms with van der Waals surface area (Å²) in [6, 6.07) is 8.43. The van der Waals surface area contributed by atoms with Gasteiger partial charge < -0.3 is 5.32 Å². The first kappa shape index (κ1) is 20.6. The summed E-state index contributed by atoms with van der Waals surface area (Å²) in [6.45, 7) is 8.63. The van der Waals surface area contributed by atoms with Gasteiger partial charge in [-0.25, -0.2) is 13.1 Å². The average Bonchev–Trinajstić information content (AvgIpc) is 2.52. The first-order chi connectivity index (χ1) is 11.2. The zero-order chi connectivity index (χ0) is 18.3. The van der Waals surface area contributed by atoms with Gasteiger partial charge >= 0.3 is 0 Å². The Bertz CT molecular complexity index is 622. The molecule has 0 saturated heterocycles. The van der Waals surface area contributed by atoms with Gasteiger partial charge in [-0.2, -0.15) is 0 Å². The van der Waals surface area contributed by atoms with Gasteiger partial charge in [0.15, 0.2) is 0 Å². The molecule has 1 amide bonds. The minimum Gasteiger partial charge on any atom is -0.355 e. The molecule has 0 aromatic heterocycles. The average molecular weight is 355 g/mol. The molecule has 2 N–H and O–H groups in total. The summed E-state index contributed by atoms with van der Waals surface area (Å²) < 4.78 is 24.9. The number of nitrogens with one attached hydrogen (secondary N) is 2. The van der Waals surface area contributed by atoms with E-state index in [1.807, 2.05) is 0 Å². The summed E-state index contributed by atoms with van der Waals surface area (Å²) in [5.74, 6) is 0.695. The summed E-state index contributed by atoms with van der Waals surface area (Å²) in [6.07, 6.45) is 0.359. The summed E-state index contributed by atoms with van der Waals surface area (Å²) in [5.41, 5.74) is 2.43. The minimum atomic E-state index is -3.29. The predicted molar refractivity (Wildman–Crippen MR) is 98.6 cm³/mol. The van der Waals surface area contributed by atoms with Crippen molar-refractivity contribution in [3.63, 3.8) is 0 Å². The molecule has 0 bridgehead atoms. The molecule has 0 spiro atoms. The van der Waals surface area contributed by atoms with E-state index in [1.165, 1.54) is 12.6 Å². The fraction of sp³-hybridized carbons (Fsp3) is 0.611. The highest BCUT2D eigenvalue weighted by molar-refractivity contribution is 7.89. The van der Waals surface area contributed by atoms with E-state index >= 15 is 0 Å². The SMILES string of the molecule is CNS(=O)(=O)CCNC(=O)CC(c1ccc(C(C)C)cc1)C(C)C. The smallest absolute Gasteiger partial charge is 0.220 e. The third kappa shape index (κ3) is 6.61. The van der Waals surface area contributed by atoms with Gasteiger partial charge in [0.25, 0.3) is 0 Å². The second-order valence-corrected chi connectivity index (χ2v) is 8.79. The maximum Gasteiger partial charge on any atom is 0.220 e. The molecule has 0 aliphatic carbocycles. The molecule has 1 atom stereocenters. The number of hydrogen-bond acceptors (Lipinski definition) is 3. The minimum absolute atomic E-state index is 0.106. The molecule has 0 saturated carbocycles. The molecule has 0 fully saturated rings. The van der Waals surface area contributed by atoms with E-state index in [9.17, 15) is 13.2 Å². The van der Waals surface area contributed by atoms with Crippen LogP contribution in [0.15, 0.2) is 24.3 Å². The first-order valence-electron chi connectivity index (χ1n) is 8.44. The van der Waals surface area contributed by atoms with Crippen molar-refractivity contribution < 1.29 is 13.2 Å². The van der Waals surface area contributed by atoms with Crippen molar-refractivity contribution >= 4 is 15.9 Å². The molecular formula is C18H30N2O3S. The summed E-state index contributed by atoms with van der Waals surface area (Å²) >= 11 is 0. The number of carbonyl (C=O) groups is 1. The van der Waals surface area contributed by atoms with E-state index in [1.54, 1.807) is 0 Å². The molecule has 24 heavy (non-hydrogen) atoms. The summed E-state index contributed by atoms with van der Waals surface area (Å²) in [7, 11) is -1.92. The predicted octanol–water partition coefficient (Wildman–Crippen LogP) is 2.61. The molecule has 1 unspecified atom stereocenters. The Kier molecular flexibility index (Phi) is 7.90. The van der Waals surface area contributed by atoms with E-state index in [0.717, 1.165) is 5.56 Å². The number of benzene rings is 1. The Morgan fingerprint density at radius 2 is 1.58 bits per heavy atom. The van der Waals surface area contributed by atoms with Crippen LogP contribution in [0, 0.1) is 5.92 Å². The Labute approximate surface area is 146 Å². The monoisotopic (exact) mass is 354 g/mol. The highest BCUT2D eigenvalue weighted by atomic mass is 32.2. The zero-order valence-corrected chi connectivity index (χ0v) is 16.1. The van der Waals surface area contributed by atoms with Crippen LogP contribution in [0.2, 0.25) is 0 Å². The zero-order valence-electron chi connectivity index (χ0n) is 15.3. The molecular weight excluding hydrogens is 324 g/mol. The lowest BCUT2D eigenvalue weighted by Crippen LogP contribution is -2.33. The maximum absolute atomic E-state index is 12.2. The number of hydrogen-bond donors (Lipinski definition) is 2. The lowest BCUT2D eigenvalue weighted by atomic mass is 9.84. The van der Waals surface area contributed by atoms with Crippen LogP contribution in [0.4, 0.5) is 0 Å². The maximum atomic E-state index is 12.2. The van der Waals surface area contributed by atoms with Crippen LogP contribution < -0.4 is 10.0 Å². The molecule has 1 aromatic rings. The fourth-order valence-electron chi connectivity index (χ4n) is 2.57. The normalized spacial score (nSPS) is 13.3. The van der Waals surface area contributed by atoms with E-state index in [4.69, 9.17) is 0 Å². The van der Waals surface area contributed by atoms with Crippen molar-refractivity contribution in [2.75, 3.05) is 19.3 Å². The van der Waals surface area contributed by atoms with Crippen LogP contribution in [0.3, 0.4) is 0 Å². The van der Waals surface area contributed by atoms with Crippen LogP contribution in [-0.4, -0.2) is 33.7 Å². The van der Waals surface area contributed by atoms with Crippen LogP contribution in [0.1, 0.15) is 57.1 Å². The van der Waals surface area contributed by atoms with E-state index in [2.05, 4.69) is 62.0 Å². The second-order valence-electron chi connectivity index (χ2n) is 6.75. The van der Waals surface area contributed by atoms with Crippen LogP contribution >= 0.6 is 0 Å². The molecule has 5 nitrogen and oxygen atoms in total. The number of amides is 1. The van der Waals surface area contributed by atoms with Gasteiger partial charge in [-0.3, -0.25) is 4.79 Å². The molecule has 0 aliphatic heterocycles. The Hall–Kier alpha value is -1.40. The highest BCUT2D eigenvalue weighted by Crippen LogP contribution is 2.29. The number of rotatable bonds is 9. The van der Waals surface area contributed by atoms with Gasteiger partial charge in [0.1, 0.15) is 0 Å². The van der Waals surface area contributed by atoms with E-state index in [0.29, 0.717) is 18.3 Å². The Morgan fingerprint density at radius 1 is 1.04 bits per heavy atom. The van der Waals surface area contributed by atoms with Crippen molar-refractivity contribution in [3.8, 4) is 0 Å². The quantitative estimate of drug-likeness (QED) is 0.716. The molecule has 136 valence electrons. The molecule has 1 aromatic carbocycles.